The van der Waals surface area contributed by atoms with Crippen molar-refractivity contribution in [3.05, 3.63) is 41.6 Å². The van der Waals surface area contributed by atoms with Crippen LogP contribution in [0.15, 0.2) is 24.4 Å². The molecule has 19 heavy (non-hydrogen) atoms. The minimum absolute atomic E-state index is 0.198. The normalized spacial score (nSPS) is 25.3. The van der Waals surface area contributed by atoms with Gasteiger partial charge in [0.05, 0.1) is 11.6 Å². The van der Waals surface area contributed by atoms with Crippen LogP contribution in [0.3, 0.4) is 0 Å². The van der Waals surface area contributed by atoms with E-state index in [0.717, 1.165) is 29.7 Å². The second-order valence-electron chi connectivity index (χ2n) is 5.51. The quantitative estimate of drug-likeness (QED) is 0.770. The molecule has 1 aromatic heterocycles. The van der Waals surface area contributed by atoms with Gasteiger partial charge in [0.25, 0.3) is 0 Å². The molecule has 1 aromatic carbocycles. The summed E-state index contributed by atoms with van der Waals surface area (Å²) in [4.78, 5) is 0. The van der Waals surface area contributed by atoms with Crippen LogP contribution in [0.1, 0.15) is 12.5 Å². The van der Waals surface area contributed by atoms with Crippen LogP contribution in [-0.4, -0.2) is 17.2 Å². The molecule has 0 saturated carbocycles. The van der Waals surface area contributed by atoms with E-state index in [1.165, 1.54) is 6.07 Å². The van der Waals surface area contributed by atoms with Gasteiger partial charge < -0.3 is 9.88 Å². The first-order valence-electron chi connectivity index (χ1n) is 6.57. The zero-order valence-electron chi connectivity index (χ0n) is 10.6. The van der Waals surface area contributed by atoms with E-state index < -0.39 is 11.6 Å². The van der Waals surface area contributed by atoms with Gasteiger partial charge in [0.15, 0.2) is 11.6 Å². The van der Waals surface area contributed by atoms with Crippen LogP contribution in [0.2, 0.25) is 0 Å². The lowest BCUT2D eigenvalue weighted by atomic mass is 9.87. The Kier molecular flexibility index (Phi) is 2.16. The van der Waals surface area contributed by atoms with Crippen molar-refractivity contribution in [3.63, 3.8) is 0 Å². The average molecular weight is 260 g/mol. The summed E-state index contributed by atoms with van der Waals surface area (Å²) in [6.07, 6.45) is 4.02. The third-order valence-corrected chi connectivity index (χ3v) is 4.15. The summed E-state index contributed by atoms with van der Waals surface area (Å²) in [5.41, 5.74) is 2.75. The third-order valence-electron chi connectivity index (χ3n) is 4.15. The topological polar surface area (TPSA) is 17.0 Å². The van der Waals surface area contributed by atoms with Gasteiger partial charge in [0, 0.05) is 30.2 Å². The van der Waals surface area contributed by atoms with Gasteiger partial charge in [-0.05, 0) is 23.6 Å². The molecule has 2 atom stereocenters. The van der Waals surface area contributed by atoms with Gasteiger partial charge in [-0.15, -0.1) is 0 Å². The van der Waals surface area contributed by atoms with Gasteiger partial charge in [-0.2, -0.15) is 0 Å². The molecule has 0 radical (unpaired) electrons. The van der Waals surface area contributed by atoms with E-state index in [1.807, 2.05) is 10.8 Å². The van der Waals surface area contributed by atoms with Crippen LogP contribution >= 0.6 is 0 Å². The summed E-state index contributed by atoms with van der Waals surface area (Å²) in [6, 6.07) is 3.20. The fourth-order valence-electron chi connectivity index (χ4n) is 3.27. The number of fused-ring (bicyclic) bond motifs is 2. The van der Waals surface area contributed by atoms with Crippen molar-refractivity contribution in [2.24, 2.45) is 5.92 Å². The van der Waals surface area contributed by atoms with Crippen molar-refractivity contribution < 1.29 is 8.78 Å². The van der Waals surface area contributed by atoms with E-state index in [-0.39, 0.29) is 6.04 Å². The molecule has 0 aliphatic carbocycles. The molecule has 1 N–H and O–H groups in total. The van der Waals surface area contributed by atoms with Gasteiger partial charge in [0.2, 0.25) is 0 Å². The van der Waals surface area contributed by atoms with Crippen molar-refractivity contribution in [2.75, 3.05) is 6.54 Å². The smallest absolute Gasteiger partial charge is 0.168 e. The molecular weight excluding hydrogens is 246 g/mol. The highest BCUT2D eigenvalue weighted by Crippen LogP contribution is 2.37. The molecule has 0 spiro atoms. The molecule has 2 aliphatic heterocycles. The molecule has 0 fully saturated rings. The van der Waals surface area contributed by atoms with E-state index in [2.05, 4.69) is 18.3 Å². The van der Waals surface area contributed by atoms with Gasteiger partial charge in [0.1, 0.15) is 0 Å². The van der Waals surface area contributed by atoms with E-state index in [9.17, 15) is 8.78 Å². The number of hydrogen-bond donors (Lipinski definition) is 1. The lowest BCUT2D eigenvalue weighted by molar-refractivity contribution is 0.470. The highest BCUT2D eigenvalue weighted by molar-refractivity contribution is 5.95. The summed E-state index contributed by atoms with van der Waals surface area (Å²) in [6.45, 7) is 3.83. The monoisotopic (exact) mass is 260 g/mol. The lowest BCUT2D eigenvalue weighted by Crippen LogP contribution is -2.42. The van der Waals surface area contributed by atoms with Crippen LogP contribution in [0, 0.1) is 17.6 Å². The first-order valence-corrected chi connectivity index (χ1v) is 6.57. The van der Waals surface area contributed by atoms with E-state index in [1.54, 1.807) is 6.07 Å². The van der Waals surface area contributed by atoms with Crippen molar-refractivity contribution in [3.8, 4) is 0 Å². The Hall–Kier alpha value is -1.68. The molecule has 0 saturated heterocycles. The fraction of sp³-hybridized carbons (Fsp3) is 0.333. The van der Waals surface area contributed by atoms with Gasteiger partial charge in [-0.25, -0.2) is 8.78 Å². The molecule has 98 valence electrons. The minimum atomic E-state index is -0.764. The number of halogens is 2. The Morgan fingerprint density at radius 1 is 1.37 bits per heavy atom. The van der Waals surface area contributed by atoms with E-state index in [4.69, 9.17) is 0 Å². The van der Waals surface area contributed by atoms with Crippen molar-refractivity contribution >= 4 is 16.5 Å². The second-order valence-corrected chi connectivity index (χ2v) is 5.51. The van der Waals surface area contributed by atoms with Crippen LogP contribution in [0.4, 0.5) is 8.78 Å². The SMILES string of the molecule is C[C@@H]1C=C2c3cc(F)c(F)c4ccn(c34)CC2NC1. The largest absolute Gasteiger partial charge is 0.345 e. The maximum atomic E-state index is 13.8. The summed E-state index contributed by atoms with van der Waals surface area (Å²) in [5.74, 6) is -1.09. The fourth-order valence-corrected chi connectivity index (χ4v) is 3.27. The summed E-state index contributed by atoms with van der Waals surface area (Å²) < 4.78 is 29.6. The number of rotatable bonds is 0. The lowest BCUT2D eigenvalue weighted by Gasteiger charge is -2.33. The first-order chi connectivity index (χ1) is 9.15. The van der Waals surface area contributed by atoms with Crippen LogP contribution in [0.5, 0.6) is 0 Å². The molecule has 4 rings (SSSR count). The zero-order chi connectivity index (χ0) is 13.1. The number of aromatic nitrogens is 1. The molecule has 0 bridgehead atoms. The first kappa shape index (κ1) is 11.2. The number of nitrogens with zero attached hydrogens (tertiary/aromatic N) is 1. The van der Waals surface area contributed by atoms with Crippen LogP contribution in [-0.2, 0) is 6.54 Å². The van der Waals surface area contributed by atoms with Crippen molar-refractivity contribution in [2.45, 2.75) is 19.5 Å². The van der Waals surface area contributed by atoms with Gasteiger partial charge >= 0.3 is 0 Å². The predicted octanol–water partition coefficient (Wildman–Crippen LogP) is 2.92. The van der Waals surface area contributed by atoms with Crippen LogP contribution in [0.25, 0.3) is 16.5 Å². The van der Waals surface area contributed by atoms with Crippen molar-refractivity contribution in [1.82, 2.24) is 9.88 Å². The molecule has 2 nitrogen and oxygen atoms in total. The highest BCUT2D eigenvalue weighted by Gasteiger charge is 2.30. The maximum absolute atomic E-state index is 13.8. The molecular formula is C15H14F2N2. The minimum Gasteiger partial charge on any atom is -0.345 e. The highest BCUT2D eigenvalue weighted by atomic mass is 19.2. The Labute approximate surface area is 109 Å². The Morgan fingerprint density at radius 2 is 2.21 bits per heavy atom. The number of hydrogen-bond acceptors (Lipinski definition) is 1. The summed E-state index contributed by atoms with van der Waals surface area (Å²) in [7, 11) is 0. The van der Waals surface area contributed by atoms with Crippen LogP contribution < -0.4 is 5.32 Å². The molecule has 4 heteroatoms. The maximum Gasteiger partial charge on any atom is 0.168 e. The average Bonchev–Trinajstić information content (AvgIpc) is 2.81. The number of nitrogens with one attached hydrogen (secondary N) is 1. The zero-order valence-corrected chi connectivity index (χ0v) is 10.6. The summed E-state index contributed by atoms with van der Waals surface area (Å²) in [5, 5.41) is 3.86. The van der Waals surface area contributed by atoms with Gasteiger partial charge in [-0.1, -0.05) is 13.0 Å². The van der Waals surface area contributed by atoms with Gasteiger partial charge in [-0.3, -0.25) is 0 Å². The Bertz CT molecular complexity index is 714. The predicted molar refractivity (Wildman–Crippen MR) is 70.8 cm³/mol. The van der Waals surface area contributed by atoms with E-state index >= 15 is 0 Å². The molecule has 3 heterocycles. The second kappa shape index (κ2) is 3.67. The molecule has 0 amide bonds. The number of benzene rings is 1. The molecule has 2 aliphatic rings. The van der Waals surface area contributed by atoms with Crippen molar-refractivity contribution in [1.29, 1.82) is 0 Å². The standard InChI is InChI=1S/C15H14F2N2/c1-8-4-10-11-5-12(16)14(17)9-2-3-19(15(9)11)7-13(10)18-6-8/h2-5,8,13,18H,6-7H2,1H3/t8-,13?/m1/s1. The molecule has 2 aromatic rings. The summed E-state index contributed by atoms with van der Waals surface area (Å²) >= 11 is 0. The Balaban J connectivity index is 2.08. The van der Waals surface area contributed by atoms with E-state index in [0.29, 0.717) is 11.3 Å². The Morgan fingerprint density at radius 3 is 3.05 bits per heavy atom. The molecule has 1 unspecified atom stereocenters. The third kappa shape index (κ3) is 1.43.